The lowest BCUT2D eigenvalue weighted by atomic mass is 10.1. The Kier molecular flexibility index (Phi) is 8.98. The van der Waals surface area contributed by atoms with Crippen LogP contribution >= 0.6 is 0 Å². The van der Waals surface area contributed by atoms with Crippen molar-refractivity contribution in [1.29, 1.82) is 0 Å². The summed E-state index contributed by atoms with van der Waals surface area (Å²) in [5.41, 5.74) is 2.36. The molecule has 0 bridgehead atoms. The molecule has 9 heteroatoms. The topological polar surface area (TPSA) is 104 Å². The Morgan fingerprint density at radius 3 is 2.21 bits per heavy atom. The molecule has 2 amide bonds. The standard InChI is InChI=1S/C25H33N3O5S/c1-17(2)26-25(31)19(4)27(15-21-10-7-9-18(3)13-21)24(30)16-28(34(6,32)33)23-12-8-11-22(14-23)20(5)29/h7-14,17,19H,15-16H2,1-6H3,(H,26,31). The van der Waals surface area contributed by atoms with Crippen molar-refractivity contribution in [2.75, 3.05) is 17.1 Å². The second-order valence-corrected chi connectivity index (χ2v) is 10.6. The molecular weight excluding hydrogens is 454 g/mol. The van der Waals surface area contributed by atoms with E-state index in [4.69, 9.17) is 0 Å². The Morgan fingerprint density at radius 1 is 1.00 bits per heavy atom. The molecule has 2 rings (SSSR count). The Morgan fingerprint density at radius 2 is 1.65 bits per heavy atom. The van der Waals surface area contributed by atoms with Crippen molar-refractivity contribution < 1.29 is 22.8 Å². The van der Waals surface area contributed by atoms with Crippen LogP contribution in [0.2, 0.25) is 0 Å². The molecule has 1 atom stereocenters. The summed E-state index contributed by atoms with van der Waals surface area (Å²) >= 11 is 0. The van der Waals surface area contributed by atoms with E-state index in [1.165, 1.54) is 24.0 Å². The summed E-state index contributed by atoms with van der Waals surface area (Å²) < 4.78 is 26.2. The molecule has 0 aliphatic rings. The zero-order valence-corrected chi connectivity index (χ0v) is 21.3. The van der Waals surface area contributed by atoms with Crippen LogP contribution < -0.4 is 9.62 Å². The molecule has 0 radical (unpaired) electrons. The maximum Gasteiger partial charge on any atom is 0.244 e. The number of carbonyl (C=O) groups excluding carboxylic acids is 3. The molecule has 0 saturated carbocycles. The average molecular weight is 488 g/mol. The van der Waals surface area contributed by atoms with Gasteiger partial charge in [-0.25, -0.2) is 8.42 Å². The second kappa shape index (κ2) is 11.3. The van der Waals surface area contributed by atoms with Gasteiger partial charge in [-0.2, -0.15) is 0 Å². The van der Waals surface area contributed by atoms with Crippen LogP contribution in [0.4, 0.5) is 5.69 Å². The number of Topliss-reactive ketones (excluding diaryl/α,β-unsaturated/α-hetero) is 1. The summed E-state index contributed by atoms with van der Waals surface area (Å²) in [6.07, 6.45) is 1.00. The fourth-order valence-electron chi connectivity index (χ4n) is 3.49. The molecule has 2 aromatic rings. The minimum Gasteiger partial charge on any atom is -0.352 e. The number of rotatable bonds is 10. The fourth-order valence-corrected chi connectivity index (χ4v) is 4.33. The normalized spacial score (nSPS) is 12.2. The van der Waals surface area contributed by atoms with Crippen molar-refractivity contribution in [2.24, 2.45) is 0 Å². The van der Waals surface area contributed by atoms with E-state index in [0.717, 1.165) is 21.7 Å². The highest BCUT2D eigenvalue weighted by atomic mass is 32.2. The number of nitrogens with one attached hydrogen (secondary N) is 1. The Hall–Kier alpha value is -3.20. The number of anilines is 1. The van der Waals surface area contributed by atoms with E-state index in [1.54, 1.807) is 19.1 Å². The van der Waals surface area contributed by atoms with E-state index in [1.807, 2.05) is 45.0 Å². The highest BCUT2D eigenvalue weighted by Crippen LogP contribution is 2.21. The van der Waals surface area contributed by atoms with E-state index < -0.39 is 28.5 Å². The predicted molar refractivity (Wildman–Crippen MR) is 133 cm³/mol. The van der Waals surface area contributed by atoms with Crippen molar-refractivity contribution >= 4 is 33.3 Å². The average Bonchev–Trinajstić information content (AvgIpc) is 2.74. The van der Waals surface area contributed by atoms with Crippen molar-refractivity contribution in [3.8, 4) is 0 Å². The number of carbonyl (C=O) groups is 3. The van der Waals surface area contributed by atoms with E-state index in [-0.39, 0.29) is 30.0 Å². The third-order valence-corrected chi connectivity index (χ3v) is 6.39. The number of amides is 2. The third kappa shape index (κ3) is 7.41. The molecular formula is C25H33N3O5S. The van der Waals surface area contributed by atoms with Crippen LogP contribution in [0.5, 0.6) is 0 Å². The van der Waals surface area contributed by atoms with Crippen LogP contribution in [0.25, 0.3) is 0 Å². The molecule has 0 aromatic heterocycles. The Balaban J connectivity index is 2.43. The van der Waals surface area contributed by atoms with Gasteiger partial charge in [0.15, 0.2) is 5.78 Å². The summed E-state index contributed by atoms with van der Waals surface area (Å²) in [5, 5.41) is 2.81. The van der Waals surface area contributed by atoms with E-state index in [9.17, 15) is 22.8 Å². The quantitative estimate of drug-likeness (QED) is 0.519. The number of hydrogen-bond donors (Lipinski definition) is 1. The van der Waals surface area contributed by atoms with Crippen LogP contribution in [0.1, 0.15) is 49.2 Å². The van der Waals surface area contributed by atoms with Gasteiger partial charge in [0.2, 0.25) is 21.8 Å². The molecule has 184 valence electrons. The third-order valence-electron chi connectivity index (χ3n) is 5.25. The lowest BCUT2D eigenvalue weighted by Crippen LogP contribution is -2.52. The molecule has 0 spiro atoms. The van der Waals surface area contributed by atoms with Crippen molar-refractivity contribution in [2.45, 2.75) is 53.2 Å². The van der Waals surface area contributed by atoms with Gasteiger partial charge >= 0.3 is 0 Å². The second-order valence-electron chi connectivity index (χ2n) is 8.73. The number of nitrogens with zero attached hydrogens (tertiary/aromatic N) is 2. The lowest BCUT2D eigenvalue weighted by Gasteiger charge is -2.32. The summed E-state index contributed by atoms with van der Waals surface area (Å²) in [5.74, 6) is -1.09. The molecule has 8 nitrogen and oxygen atoms in total. The molecule has 0 heterocycles. The summed E-state index contributed by atoms with van der Waals surface area (Å²) in [6.45, 7) is 8.21. The first-order chi connectivity index (χ1) is 15.8. The predicted octanol–water partition coefficient (Wildman–Crippen LogP) is 2.91. The maximum atomic E-state index is 13.5. The molecule has 0 aliphatic heterocycles. The highest BCUT2D eigenvalue weighted by molar-refractivity contribution is 7.92. The minimum atomic E-state index is -3.86. The van der Waals surface area contributed by atoms with Gasteiger partial charge in [0.25, 0.3) is 0 Å². The van der Waals surface area contributed by atoms with Gasteiger partial charge in [-0.1, -0.05) is 42.0 Å². The first kappa shape index (κ1) is 27.0. The van der Waals surface area contributed by atoms with Gasteiger partial charge in [-0.05, 0) is 52.3 Å². The first-order valence-corrected chi connectivity index (χ1v) is 12.9. The van der Waals surface area contributed by atoms with Gasteiger partial charge in [-0.15, -0.1) is 0 Å². The summed E-state index contributed by atoms with van der Waals surface area (Å²) in [7, 11) is -3.86. The Labute approximate surface area is 202 Å². The monoisotopic (exact) mass is 487 g/mol. The highest BCUT2D eigenvalue weighted by Gasteiger charge is 2.30. The smallest absolute Gasteiger partial charge is 0.244 e. The van der Waals surface area contributed by atoms with Gasteiger partial charge < -0.3 is 10.2 Å². The van der Waals surface area contributed by atoms with Gasteiger partial charge in [-0.3, -0.25) is 18.7 Å². The number of aryl methyl sites for hydroxylation is 1. The molecule has 0 saturated heterocycles. The molecule has 2 aromatic carbocycles. The van der Waals surface area contributed by atoms with Gasteiger partial charge in [0, 0.05) is 18.2 Å². The molecule has 0 fully saturated rings. The minimum absolute atomic E-state index is 0.118. The first-order valence-electron chi connectivity index (χ1n) is 11.0. The van der Waals surface area contributed by atoms with Crippen molar-refractivity contribution in [3.05, 3.63) is 65.2 Å². The van der Waals surface area contributed by atoms with E-state index >= 15 is 0 Å². The Bertz CT molecular complexity index is 1160. The van der Waals surface area contributed by atoms with Crippen LogP contribution in [0, 0.1) is 6.92 Å². The largest absolute Gasteiger partial charge is 0.352 e. The van der Waals surface area contributed by atoms with Crippen LogP contribution in [-0.4, -0.2) is 55.8 Å². The van der Waals surface area contributed by atoms with Gasteiger partial charge in [0.1, 0.15) is 12.6 Å². The zero-order chi connectivity index (χ0) is 25.6. The van der Waals surface area contributed by atoms with E-state index in [0.29, 0.717) is 5.56 Å². The van der Waals surface area contributed by atoms with E-state index in [2.05, 4.69) is 5.32 Å². The van der Waals surface area contributed by atoms with Crippen molar-refractivity contribution in [3.63, 3.8) is 0 Å². The van der Waals surface area contributed by atoms with Gasteiger partial charge in [0.05, 0.1) is 11.9 Å². The fraction of sp³-hybridized carbons (Fsp3) is 0.400. The molecule has 0 aliphatic carbocycles. The number of hydrogen-bond acceptors (Lipinski definition) is 5. The molecule has 1 unspecified atom stereocenters. The number of ketones is 1. The van der Waals surface area contributed by atoms with Crippen LogP contribution in [0.3, 0.4) is 0 Å². The zero-order valence-electron chi connectivity index (χ0n) is 20.5. The van der Waals surface area contributed by atoms with Crippen LogP contribution in [0.15, 0.2) is 48.5 Å². The SMILES string of the molecule is CC(=O)c1cccc(N(CC(=O)N(Cc2cccc(C)c2)C(C)C(=O)NC(C)C)S(C)(=O)=O)c1. The van der Waals surface area contributed by atoms with Crippen molar-refractivity contribution in [1.82, 2.24) is 10.2 Å². The van der Waals surface area contributed by atoms with Crippen LogP contribution in [-0.2, 0) is 26.2 Å². The summed E-state index contributed by atoms with van der Waals surface area (Å²) in [6, 6.07) is 12.7. The number of sulfonamides is 1. The lowest BCUT2D eigenvalue weighted by molar-refractivity contribution is -0.139. The molecule has 1 N–H and O–H groups in total. The summed E-state index contributed by atoms with van der Waals surface area (Å²) in [4.78, 5) is 39.4. The number of benzene rings is 2. The molecule has 34 heavy (non-hydrogen) atoms. The maximum absolute atomic E-state index is 13.5.